The number of ether oxygens (including phenoxy) is 4. The molecule has 17 nitrogen and oxygen atoms in total. The molecule has 0 bridgehead atoms. The topological polar surface area (TPSA) is 309 Å². The SMILES string of the molecule is NC1CC(CNC[C@@H]2CC[C@@H](N)[C@@H](OC3[C@@H](N)C[C@@H](NC(=O)C4(O)CC(N)C4)[C@H](O[C@H]4O[C@H](CO)[C@@H](O)[C@H](N)[C@H]4O)[C@H]3O)O2)C1. The summed E-state index contributed by atoms with van der Waals surface area (Å²) in [6.45, 7) is 0.830. The van der Waals surface area contributed by atoms with E-state index in [4.69, 9.17) is 47.6 Å². The first-order valence-electron chi connectivity index (χ1n) is 16.1. The Morgan fingerprint density at radius 3 is 2.16 bits per heavy atom. The Balaban J connectivity index is 1.27. The van der Waals surface area contributed by atoms with Crippen molar-refractivity contribution in [3.8, 4) is 0 Å². The Morgan fingerprint density at radius 2 is 1.51 bits per heavy atom. The maximum absolute atomic E-state index is 13.1. The molecular weight excluding hydrogens is 594 g/mol. The van der Waals surface area contributed by atoms with Gasteiger partial charge in [0.1, 0.15) is 42.2 Å². The lowest BCUT2D eigenvalue weighted by Crippen LogP contribution is -2.70. The molecule has 3 aliphatic carbocycles. The Hall–Kier alpha value is -1.13. The van der Waals surface area contributed by atoms with Crippen molar-refractivity contribution >= 4 is 5.91 Å². The van der Waals surface area contributed by atoms with Crippen LogP contribution in [0.3, 0.4) is 0 Å². The lowest BCUT2D eigenvalue weighted by Gasteiger charge is -2.49. The molecule has 2 aliphatic heterocycles. The second kappa shape index (κ2) is 14.6. The molecule has 3 saturated carbocycles. The van der Waals surface area contributed by atoms with Crippen LogP contribution < -0.4 is 39.3 Å². The van der Waals surface area contributed by atoms with Gasteiger partial charge in [-0.3, -0.25) is 4.79 Å². The highest BCUT2D eigenvalue weighted by Crippen LogP contribution is 2.34. The van der Waals surface area contributed by atoms with Crippen molar-refractivity contribution in [1.82, 2.24) is 10.6 Å². The summed E-state index contributed by atoms with van der Waals surface area (Å²) in [6, 6.07) is -3.57. The summed E-state index contributed by atoms with van der Waals surface area (Å²) in [5.41, 5.74) is 28.8. The minimum absolute atomic E-state index is 0.0393. The zero-order valence-electron chi connectivity index (χ0n) is 25.5. The van der Waals surface area contributed by atoms with Gasteiger partial charge in [0, 0.05) is 37.5 Å². The Kier molecular flexibility index (Phi) is 11.4. The van der Waals surface area contributed by atoms with Crippen LogP contribution in [0.2, 0.25) is 0 Å². The highest BCUT2D eigenvalue weighted by atomic mass is 16.7. The lowest BCUT2D eigenvalue weighted by molar-refractivity contribution is -0.314. The third kappa shape index (κ3) is 7.79. The van der Waals surface area contributed by atoms with Crippen molar-refractivity contribution in [1.29, 1.82) is 0 Å². The molecule has 17 N–H and O–H groups in total. The molecule has 0 spiro atoms. The van der Waals surface area contributed by atoms with Gasteiger partial charge in [-0.25, -0.2) is 0 Å². The van der Waals surface area contributed by atoms with E-state index in [0.717, 1.165) is 25.8 Å². The lowest BCUT2D eigenvalue weighted by atomic mass is 9.75. The molecule has 5 aliphatic rings. The van der Waals surface area contributed by atoms with Gasteiger partial charge >= 0.3 is 0 Å². The summed E-state index contributed by atoms with van der Waals surface area (Å²) in [4.78, 5) is 13.1. The van der Waals surface area contributed by atoms with Crippen LogP contribution >= 0.6 is 0 Å². The first kappa shape index (κ1) is 35.2. The van der Waals surface area contributed by atoms with Gasteiger partial charge in [0.05, 0.1) is 30.8 Å². The predicted molar refractivity (Wildman–Crippen MR) is 158 cm³/mol. The molecule has 260 valence electrons. The molecule has 13 atom stereocenters. The fraction of sp³-hybridized carbons (Fsp3) is 0.964. The molecule has 1 amide bonds. The fourth-order valence-corrected chi connectivity index (χ4v) is 7.13. The average molecular weight is 648 g/mol. The largest absolute Gasteiger partial charge is 0.394 e. The number of rotatable bonds is 11. The van der Waals surface area contributed by atoms with Crippen molar-refractivity contribution in [3.63, 3.8) is 0 Å². The molecule has 17 heteroatoms. The van der Waals surface area contributed by atoms with Crippen molar-refractivity contribution in [2.45, 2.75) is 142 Å². The van der Waals surface area contributed by atoms with Gasteiger partial charge in [-0.15, -0.1) is 0 Å². The molecule has 5 fully saturated rings. The van der Waals surface area contributed by atoms with Gasteiger partial charge in [-0.1, -0.05) is 0 Å². The van der Waals surface area contributed by atoms with Crippen LogP contribution in [0.25, 0.3) is 0 Å². The Labute approximate surface area is 262 Å². The van der Waals surface area contributed by atoms with Crippen molar-refractivity contribution in [3.05, 3.63) is 0 Å². The smallest absolute Gasteiger partial charge is 0.252 e. The molecular formula is C28H53N7O10. The zero-order chi connectivity index (χ0) is 32.6. The van der Waals surface area contributed by atoms with Crippen molar-refractivity contribution in [2.75, 3.05) is 19.7 Å². The van der Waals surface area contributed by atoms with E-state index < -0.39 is 91.5 Å². The van der Waals surface area contributed by atoms with E-state index in [-0.39, 0.29) is 37.5 Å². The number of hydrogen-bond donors (Lipinski definition) is 12. The van der Waals surface area contributed by atoms with Crippen LogP contribution in [0.5, 0.6) is 0 Å². The third-order valence-corrected chi connectivity index (χ3v) is 10.1. The molecule has 0 aromatic carbocycles. The summed E-state index contributed by atoms with van der Waals surface area (Å²) >= 11 is 0. The number of aliphatic hydroxyl groups is 5. The Morgan fingerprint density at radius 1 is 0.822 bits per heavy atom. The number of carbonyl (C=O) groups is 1. The van der Waals surface area contributed by atoms with Crippen LogP contribution in [-0.4, -0.2) is 148 Å². The number of nitrogens with two attached hydrogens (primary N) is 5. The van der Waals surface area contributed by atoms with Gasteiger partial charge in [0.25, 0.3) is 5.91 Å². The normalized spacial score (nSPS) is 50.4. The van der Waals surface area contributed by atoms with Crippen LogP contribution in [0.1, 0.15) is 44.9 Å². The van der Waals surface area contributed by atoms with E-state index in [0.29, 0.717) is 18.9 Å². The fourth-order valence-electron chi connectivity index (χ4n) is 7.13. The van der Waals surface area contributed by atoms with Crippen LogP contribution in [0, 0.1) is 5.92 Å². The van der Waals surface area contributed by atoms with E-state index in [1.165, 1.54) is 0 Å². The highest BCUT2D eigenvalue weighted by Gasteiger charge is 2.53. The second-order valence-electron chi connectivity index (χ2n) is 13.8. The van der Waals surface area contributed by atoms with Gasteiger partial charge in [0.2, 0.25) is 0 Å². The molecule has 0 aromatic heterocycles. The quantitative estimate of drug-likeness (QED) is 0.0993. The first-order valence-corrected chi connectivity index (χ1v) is 16.1. The molecule has 1 unspecified atom stereocenters. The first-order chi connectivity index (χ1) is 21.3. The molecule has 0 radical (unpaired) electrons. The van der Waals surface area contributed by atoms with E-state index in [9.17, 15) is 30.3 Å². The van der Waals surface area contributed by atoms with E-state index >= 15 is 0 Å². The van der Waals surface area contributed by atoms with E-state index in [1.807, 2.05) is 0 Å². The summed E-state index contributed by atoms with van der Waals surface area (Å²) in [6.07, 6.45) is -7.02. The Bertz CT molecular complexity index is 989. The standard InChI is InChI=1S/C28H53N7O10/c29-12-3-11(4-12)8-34-9-14-1-2-15(31)25(42-14)44-23-16(32)5-17(35-27(40)28(41)6-13(30)7-28)24(22(23)39)45-26-21(38)19(33)20(37)18(10-36)43-26/h11-26,34,36-39,41H,1-10,29-33H2,(H,35,40)/t11?,12?,13?,14-,15+,16-,17+,18+,19-,20+,21+,22-,23?,24-,25+,26+,28?/m0/s1. The van der Waals surface area contributed by atoms with Crippen LogP contribution in [0.15, 0.2) is 0 Å². The molecule has 0 aromatic rings. The van der Waals surface area contributed by atoms with E-state index in [2.05, 4.69) is 10.6 Å². The molecule has 5 rings (SSSR count). The number of hydrogen-bond acceptors (Lipinski definition) is 16. The van der Waals surface area contributed by atoms with Gasteiger partial charge in [0.15, 0.2) is 12.6 Å². The molecule has 2 saturated heterocycles. The number of carbonyl (C=O) groups excluding carboxylic acids is 1. The van der Waals surface area contributed by atoms with Crippen molar-refractivity contribution in [2.24, 2.45) is 34.6 Å². The number of amides is 1. The zero-order valence-corrected chi connectivity index (χ0v) is 25.5. The molecule has 45 heavy (non-hydrogen) atoms. The highest BCUT2D eigenvalue weighted by molar-refractivity contribution is 5.86. The minimum Gasteiger partial charge on any atom is -0.394 e. The van der Waals surface area contributed by atoms with Gasteiger partial charge in [-0.05, 0) is 44.6 Å². The maximum atomic E-state index is 13.1. The monoisotopic (exact) mass is 647 g/mol. The van der Waals surface area contributed by atoms with Gasteiger partial charge in [-0.2, -0.15) is 0 Å². The summed E-state index contributed by atoms with van der Waals surface area (Å²) in [5.74, 6) is -0.151. The average Bonchev–Trinajstić information content (AvgIpc) is 2.96. The maximum Gasteiger partial charge on any atom is 0.252 e. The van der Waals surface area contributed by atoms with Crippen LogP contribution in [0.4, 0.5) is 0 Å². The van der Waals surface area contributed by atoms with E-state index in [1.54, 1.807) is 0 Å². The predicted octanol–water partition coefficient (Wildman–Crippen LogP) is -5.89. The van der Waals surface area contributed by atoms with Gasteiger partial charge < -0.3 is 83.8 Å². The van der Waals surface area contributed by atoms with Crippen LogP contribution in [-0.2, 0) is 23.7 Å². The number of nitrogens with one attached hydrogen (secondary N) is 2. The number of aliphatic hydroxyl groups excluding tert-OH is 4. The minimum atomic E-state index is -1.68. The summed E-state index contributed by atoms with van der Waals surface area (Å²) < 4.78 is 24.1. The summed E-state index contributed by atoms with van der Waals surface area (Å²) in [7, 11) is 0. The summed E-state index contributed by atoms with van der Waals surface area (Å²) in [5, 5.41) is 59.2. The third-order valence-electron chi connectivity index (χ3n) is 10.1. The van der Waals surface area contributed by atoms with Crippen molar-refractivity contribution < 1.29 is 49.3 Å². The molecule has 2 heterocycles. The second-order valence-corrected chi connectivity index (χ2v) is 13.8.